The summed E-state index contributed by atoms with van der Waals surface area (Å²) in [6.07, 6.45) is 2.06. The molecule has 5 heteroatoms. The molecule has 0 radical (unpaired) electrons. The Morgan fingerprint density at radius 3 is 2.39 bits per heavy atom. The van der Waals surface area contributed by atoms with Crippen LogP contribution in [0.15, 0.2) is 29.2 Å². The number of aryl methyl sites for hydroxylation is 1. The average Bonchev–Trinajstić information content (AvgIpc) is 2.36. The third kappa shape index (κ3) is 2.73. The van der Waals surface area contributed by atoms with Crippen LogP contribution >= 0.6 is 11.8 Å². The fraction of sp³-hybridized carbons (Fsp3) is 0.231. The van der Waals surface area contributed by atoms with E-state index in [1.807, 2.05) is 26.0 Å². The van der Waals surface area contributed by atoms with Crippen LogP contribution < -0.4 is 11.1 Å². The van der Waals surface area contributed by atoms with Gasteiger partial charge in [-0.1, -0.05) is 0 Å². The number of benzene rings is 1. The lowest BCUT2D eigenvalue weighted by Crippen LogP contribution is -2.04. The second kappa shape index (κ2) is 5.27. The summed E-state index contributed by atoms with van der Waals surface area (Å²) >= 11 is 1.72. The fourth-order valence-corrected chi connectivity index (χ4v) is 1.99. The van der Waals surface area contributed by atoms with E-state index in [4.69, 9.17) is 5.73 Å². The van der Waals surface area contributed by atoms with Crippen molar-refractivity contribution < 1.29 is 0 Å². The highest BCUT2D eigenvalue weighted by atomic mass is 32.2. The summed E-state index contributed by atoms with van der Waals surface area (Å²) < 4.78 is 0. The van der Waals surface area contributed by atoms with E-state index in [0.29, 0.717) is 11.6 Å². The molecule has 4 nitrogen and oxygen atoms in total. The molecule has 1 aromatic carbocycles. The molecule has 94 valence electrons. The van der Waals surface area contributed by atoms with E-state index in [1.165, 1.54) is 4.90 Å². The number of nitrogens with one attached hydrogen (secondary N) is 1. The molecule has 0 unspecified atom stereocenters. The molecule has 0 atom stereocenters. The molecule has 0 saturated heterocycles. The number of anilines is 3. The van der Waals surface area contributed by atoms with Gasteiger partial charge in [-0.3, -0.25) is 0 Å². The van der Waals surface area contributed by atoms with Gasteiger partial charge in [-0.05, 0) is 44.4 Å². The van der Waals surface area contributed by atoms with Gasteiger partial charge in [0.25, 0.3) is 0 Å². The lowest BCUT2D eigenvalue weighted by atomic mass is 10.2. The van der Waals surface area contributed by atoms with Gasteiger partial charge < -0.3 is 11.1 Å². The normalized spacial score (nSPS) is 10.4. The first kappa shape index (κ1) is 12.7. The molecule has 2 rings (SSSR count). The van der Waals surface area contributed by atoms with E-state index in [2.05, 4.69) is 33.7 Å². The Bertz CT molecular complexity index is 552. The SMILES string of the molecule is CSc1ccc(Nc2nc(C)nc(N)c2C)cc1. The zero-order valence-electron chi connectivity index (χ0n) is 10.7. The van der Waals surface area contributed by atoms with Crippen LogP contribution in [-0.2, 0) is 0 Å². The van der Waals surface area contributed by atoms with Gasteiger partial charge in [0.2, 0.25) is 0 Å². The van der Waals surface area contributed by atoms with Gasteiger partial charge >= 0.3 is 0 Å². The predicted molar refractivity (Wildman–Crippen MR) is 77.4 cm³/mol. The highest BCUT2D eigenvalue weighted by Crippen LogP contribution is 2.23. The van der Waals surface area contributed by atoms with Crippen molar-refractivity contribution in [3.8, 4) is 0 Å². The largest absolute Gasteiger partial charge is 0.383 e. The summed E-state index contributed by atoms with van der Waals surface area (Å²) in [5, 5.41) is 3.26. The van der Waals surface area contributed by atoms with Crippen molar-refractivity contribution in [3.63, 3.8) is 0 Å². The highest BCUT2D eigenvalue weighted by Gasteiger charge is 2.06. The number of hydrogen-bond acceptors (Lipinski definition) is 5. The summed E-state index contributed by atoms with van der Waals surface area (Å²) in [6.45, 7) is 3.74. The standard InChI is InChI=1S/C13H16N4S/c1-8-12(14)15-9(2)16-13(8)17-10-4-6-11(18-3)7-5-10/h4-7H,1-3H3,(H3,14,15,16,17). The molecule has 0 saturated carbocycles. The number of aromatic nitrogens is 2. The maximum absolute atomic E-state index is 5.83. The molecule has 1 heterocycles. The Morgan fingerprint density at radius 2 is 1.78 bits per heavy atom. The van der Waals surface area contributed by atoms with Crippen LogP contribution in [0, 0.1) is 13.8 Å². The van der Waals surface area contributed by atoms with Gasteiger partial charge in [-0.25, -0.2) is 9.97 Å². The average molecular weight is 260 g/mol. The molecule has 3 N–H and O–H groups in total. The number of hydrogen-bond donors (Lipinski definition) is 2. The van der Waals surface area contributed by atoms with E-state index in [9.17, 15) is 0 Å². The van der Waals surface area contributed by atoms with Crippen LogP contribution in [0.3, 0.4) is 0 Å². The molecule has 0 amide bonds. The summed E-state index contributed by atoms with van der Waals surface area (Å²) in [5.74, 6) is 1.95. The van der Waals surface area contributed by atoms with Gasteiger partial charge in [-0.2, -0.15) is 0 Å². The minimum Gasteiger partial charge on any atom is -0.383 e. The van der Waals surface area contributed by atoms with Crippen molar-refractivity contribution in [3.05, 3.63) is 35.7 Å². The highest BCUT2D eigenvalue weighted by molar-refractivity contribution is 7.98. The number of rotatable bonds is 3. The summed E-state index contributed by atoms with van der Waals surface area (Å²) in [5.41, 5.74) is 7.69. The molecule has 0 bridgehead atoms. The van der Waals surface area contributed by atoms with Crippen molar-refractivity contribution >= 4 is 29.1 Å². The molecule has 0 aliphatic carbocycles. The van der Waals surface area contributed by atoms with E-state index in [-0.39, 0.29) is 0 Å². The monoisotopic (exact) mass is 260 g/mol. The molecular weight excluding hydrogens is 244 g/mol. The van der Waals surface area contributed by atoms with Crippen LogP contribution in [-0.4, -0.2) is 16.2 Å². The first-order valence-corrected chi connectivity index (χ1v) is 6.84. The number of nitrogens with two attached hydrogens (primary N) is 1. The summed E-state index contributed by atoms with van der Waals surface area (Å²) in [4.78, 5) is 9.72. The molecule has 0 fully saturated rings. The van der Waals surface area contributed by atoms with E-state index >= 15 is 0 Å². The first-order chi connectivity index (χ1) is 8.60. The summed E-state index contributed by atoms with van der Waals surface area (Å²) in [6, 6.07) is 8.19. The summed E-state index contributed by atoms with van der Waals surface area (Å²) in [7, 11) is 0. The van der Waals surface area contributed by atoms with Gasteiger partial charge in [0.15, 0.2) is 0 Å². The number of nitrogen functional groups attached to an aromatic ring is 1. The zero-order chi connectivity index (χ0) is 13.1. The molecule has 0 aliphatic heterocycles. The predicted octanol–water partition coefficient (Wildman–Crippen LogP) is 3.14. The molecular formula is C13H16N4S. The molecule has 1 aromatic heterocycles. The van der Waals surface area contributed by atoms with Crippen molar-refractivity contribution in [2.75, 3.05) is 17.3 Å². The first-order valence-electron chi connectivity index (χ1n) is 5.62. The number of nitrogens with zero attached hydrogens (tertiary/aromatic N) is 2. The Balaban J connectivity index is 2.27. The lowest BCUT2D eigenvalue weighted by molar-refractivity contribution is 1.04. The number of thioether (sulfide) groups is 1. The van der Waals surface area contributed by atoms with Crippen LogP contribution in [0.4, 0.5) is 17.3 Å². The van der Waals surface area contributed by atoms with Crippen molar-refractivity contribution in [2.45, 2.75) is 18.7 Å². The van der Waals surface area contributed by atoms with Gasteiger partial charge in [0.1, 0.15) is 17.5 Å². The minimum atomic E-state index is 0.519. The van der Waals surface area contributed by atoms with E-state index < -0.39 is 0 Å². The van der Waals surface area contributed by atoms with Gasteiger partial charge in [0.05, 0.1) is 0 Å². The maximum atomic E-state index is 5.83. The smallest absolute Gasteiger partial charge is 0.139 e. The fourth-order valence-electron chi connectivity index (χ4n) is 1.58. The van der Waals surface area contributed by atoms with E-state index in [1.54, 1.807) is 11.8 Å². The third-order valence-electron chi connectivity index (χ3n) is 2.65. The van der Waals surface area contributed by atoms with Crippen LogP contribution in [0.2, 0.25) is 0 Å². The van der Waals surface area contributed by atoms with Crippen LogP contribution in [0.1, 0.15) is 11.4 Å². The van der Waals surface area contributed by atoms with Gasteiger partial charge in [0, 0.05) is 16.1 Å². The molecule has 18 heavy (non-hydrogen) atoms. The Morgan fingerprint density at radius 1 is 1.11 bits per heavy atom. The third-order valence-corrected chi connectivity index (χ3v) is 3.39. The molecule has 0 spiro atoms. The van der Waals surface area contributed by atoms with Crippen molar-refractivity contribution in [2.24, 2.45) is 0 Å². The van der Waals surface area contributed by atoms with E-state index in [0.717, 1.165) is 17.1 Å². The molecule has 0 aliphatic rings. The topological polar surface area (TPSA) is 63.8 Å². The van der Waals surface area contributed by atoms with Crippen LogP contribution in [0.5, 0.6) is 0 Å². The molecule has 2 aromatic rings. The van der Waals surface area contributed by atoms with Crippen LogP contribution in [0.25, 0.3) is 0 Å². The quantitative estimate of drug-likeness (QED) is 0.830. The Labute approximate surface area is 111 Å². The van der Waals surface area contributed by atoms with Crippen molar-refractivity contribution in [1.29, 1.82) is 0 Å². The second-order valence-corrected chi connectivity index (χ2v) is 4.86. The Kier molecular flexibility index (Phi) is 3.72. The van der Waals surface area contributed by atoms with Gasteiger partial charge in [-0.15, -0.1) is 11.8 Å². The minimum absolute atomic E-state index is 0.519. The van der Waals surface area contributed by atoms with Crippen molar-refractivity contribution in [1.82, 2.24) is 9.97 Å². The zero-order valence-corrected chi connectivity index (χ0v) is 11.5. The second-order valence-electron chi connectivity index (χ2n) is 3.98. The maximum Gasteiger partial charge on any atom is 0.139 e. The Hall–Kier alpha value is -1.75. The lowest BCUT2D eigenvalue weighted by Gasteiger charge is -2.11.